The van der Waals surface area contributed by atoms with Gasteiger partial charge < -0.3 is 8.92 Å². The van der Waals surface area contributed by atoms with Crippen LogP contribution >= 0.6 is 23.4 Å². The van der Waals surface area contributed by atoms with Crippen molar-refractivity contribution in [1.29, 1.82) is 0 Å². The lowest BCUT2D eigenvalue weighted by Crippen LogP contribution is -2.32. The average molecular weight is 530 g/mol. The molecule has 1 fully saturated rings. The SMILES string of the molecule is Cc1ccc(S(=O)(=O)Oc2cccc(/C=C3\SC(=O)N(CCOc4ccc(Cl)cc4)C3=O)c2)cc1. The molecule has 4 rings (SSSR count). The van der Waals surface area contributed by atoms with Crippen molar-refractivity contribution < 1.29 is 26.9 Å². The zero-order valence-corrected chi connectivity index (χ0v) is 20.9. The van der Waals surface area contributed by atoms with Crippen LogP contribution in [0.4, 0.5) is 4.79 Å². The van der Waals surface area contributed by atoms with Crippen LogP contribution in [-0.4, -0.2) is 37.6 Å². The van der Waals surface area contributed by atoms with E-state index in [0.717, 1.165) is 22.2 Å². The van der Waals surface area contributed by atoms with Crippen molar-refractivity contribution in [2.45, 2.75) is 11.8 Å². The Balaban J connectivity index is 1.42. The summed E-state index contributed by atoms with van der Waals surface area (Å²) in [6, 6.07) is 19.4. The van der Waals surface area contributed by atoms with Crippen molar-refractivity contribution in [1.82, 2.24) is 4.90 Å². The van der Waals surface area contributed by atoms with Crippen LogP contribution in [0.25, 0.3) is 6.08 Å². The van der Waals surface area contributed by atoms with E-state index in [-0.39, 0.29) is 28.7 Å². The number of carbonyl (C=O) groups excluding carboxylic acids is 2. The number of thioether (sulfide) groups is 1. The van der Waals surface area contributed by atoms with Crippen LogP contribution in [0.15, 0.2) is 82.6 Å². The fraction of sp³-hybridized carbons (Fsp3) is 0.120. The van der Waals surface area contributed by atoms with Crippen molar-refractivity contribution in [2.24, 2.45) is 0 Å². The standard InChI is InChI=1S/C25H20ClNO6S2/c1-17-5-11-22(12-6-17)35(30,31)33-21-4-2-3-18(15-21)16-23-24(28)27(25(29)34-23)13-14-32-20-9-7-19(26)8-10-20/h2-12,15-16H,13-14H2,1H3/b23-16-. The van der Waals surface area contributed by atoms with Gasteiger partial charge >= 0.3 is 10.1 Å². The number of carbonyl (C=O) groups is 2. The van der Waals surface area contributed by atoms with Crippen molar-refractivity contribution in [2.75, 3.05) is 13.2 Å². The van der Waals surface area contributed by atoms with Crippen LogP contribution < -0.4 is 8.92 Å². The first-order valence-electron chi connectivity index (χ1n) is 10.5. The monoisotopic (exact) mass is 529 g/mol. The molecule has 1 aliphatic rings. The van der Waals surface area contributed by atoms with E-state index >= 15 is 0 Å². The lowest BCUT2D eigenvalue weighted by molar-refractivity contribution is -0.123. The molecule has 35 heavy (non-hydrogen) atoms. The Morgan fingerprint density at radius 1 is 0.971 bits per heavy atom. The summed E-state index contributed by atoms with van der Waals surface area (Å²) in [5, 5.41) is 0.172. The molecule has 1 aliphatic heterocycles. The minimum absolute atomic E-state index is 0.0374. The average Bonchev–Trinajstić information content (AvgIpc) is 3.08. The largest absolute Gasteiger partial charge is 0.492 e. The molecule has 0 aliphatic carbocycles. The highest BCUT2D eigenvalue weighted by molar-refractivity contribution is 8.18. The first-order chi connectivity index (χ1) is 16.7. The minimum atomic E-state index is -4.01. The van der Waals surface area contributed by atoms with E-state index in [9.17, 15) is 18.0 Å². The molecule has 180 valence electrons. The van der Waals surface area contributed by atoms with Gasteiger partial charge in [-0.2, -0.15) is 8.42 Å². The molecule has 0 atom stereocenters. The summed E-state index contributed by atoms with van der Waals surface area (Å²) in [6.07, 6.45) is 1.52. The van der Waals surface area contributed by atoms with E-state index in [0.29, 0.717) is 16.3 Å². The van der Waals surface area contributed by atoms with Crippen LogP contribution in [0.3, 0.4) is 0 Å². The third kappa shape index (κ3) is 6.25. The maximum absolute atomic E-state index is 12.7. The maximum Gasteiger partial charge on any atom is 0.339 e. The van der Waals surface area contributed by atoms with Crippen LogP contribution in [0.5, 0.6) is 11.5 Å². The van der Waals surface area contributed by atoms with Gasteiger partial charge in [0.05, 0.1) is 11.4 Å². The molecular formula is C25H20ClNO6S2. The second-order valence-corrected chi connectivity index (χ2v) is 10.5. The number of nitrogens with zero attached hydrogens (tertiary/aromatic N) is 1. The quantitative estimate of drug-likeness (QED) is 0.280. The summed E-state index contributed by atoms with van der Waals surface area (Å²) < 4.78 is 35.9. The molecule has 0 saturated carbocycles. The Morgan fingerprint density at radius 2 is 1.69 bits per heavy atom. The molecule has 1 saturated heterocycles. The van der Waals surface area contributed by atoms with Crippen LogP contribution in [-0.2, 0) is 14.9 Å². The van der Waals surface area contributed by atoms with E-state index in [1.807, 2.05) is 6.92 Å². The summed E-state index contributed by atoms with van der Waals surface area (Å²) in [6.45, 7) is 2.07. The van der Waals surface area contributed by atoms with Gasteiger partial charge in [-0.25, -0.2) is 0 Å². The predicted molar refractivity (Wildman–Crippen MR) is 135 cm³/mol. The van der Waals surface area contributed by atoms with Gasteiger partial charge in [-0.1, -0.05) is 41.4 Å². The fourth-order valence-corrected chi connectivity index (χ4v) is 5.08. The zero-order valence-electron chi connectivity index (χ0n) is 18.5. The number of benzene rings is 3. The van der Waals surface area contributed by atoms with Gasteiger partial charge in [0, 0.05) is 5.02 Å². The van der Waals surface area contributed by atoms with Crippen molar-refractivity contribution in [3.8, 4) is 11.5 Å². The number of ether oxygens (including phenoxy) is 1. The maximum atomic E-state index is 12.7. The van der Waals surface area contributed by atoms with Gasteiger partial charge in [0.15, 0.2) is 0 Å². The van der Waals surface area contributed by atoms with Crippen LogP contribution in [0.1, 0.15) is 11.1 Å². The molecule has 3 aromatic rings. The fourth-order valence-electron chi connectivity index (χ4n) is 3.17. The normalized spacial score (nSPS) is 15.0. The molecular weight excluding hydrogens is 510 g/mol. The van der Waals surface area contributed by atoms with E-state index in [1.54, 1.807) is 48.5 Å². The molecule has 10 heteroatoms. The molecule has 2 amide bonds. The highest BCUT2D eigenvalue weighted by Gasteiger charge is 2.34. The zero-order chi connectivity index (χ0) is 25.0. The summed E-state index contributed by atoms with van der Waals surface area (Å²) in [4.78, 5) is 26.5. The van der Waals surface area contributed by atoms with E-state index < -0.39 is 21.3 Å². The lowest BCUT2D eigenvalue weighted by Gasteiger charge is -2.13. The second kappa shape index (κ2) is 10.6. The molecule has 7 nitrogen and oxygen atoms in total. The Morgan fingerprint density at radius 3 is 2.40 bits per heavy atom. The predicted octanol–water partition coefficient (Wildman–Crippen LogP) is 5.53. The molecule has 0 radical (unpaired) electrons. The lowest BCUT2D eigenvalue weighted by atomic mass is 10.2. The summed E-state index contributed by atoms with van der Waals surface area (Å²) in [5.41, 5.74) is 1.45. The number of aryl methyl sites for hydroxylation is 1. The molecule has 0 aromatic heterocycles. The Labute approximate surface area is 212 Å². The Kier molecular flexibility index (Phi) is 7.49. The second-order valence-electron chi connectivity index (χ2n) is 7.56. The Hall–Kier alpha value is -3.27. The summed E-state index contributed by atoms with van der Waals surface area (Å²) in [5.74, 6) is 0.225. The Bertz CT molecular complexity index is 1390. The van der Waals surface area contributed by atoms with E-state index in [4.69, 9.17) is 20.5 Å². The smallest absolute Gasteiger partial charge is 0.339 e. The molecule has 1 heterocycles. The van der Waals surface area contributed by atoms with Gasteiger partial charge in [-0.15, -0.1) is 0 Å². The number of halogens is 1. The number of hydrogen-bond donors (Lipinski definition) is 0. The van der Waals surface area contributed by atoms with Gasteiger partial charge in [0.2, 0.25) is 0 Å². The highest BCUT2D eigenvalue weighted by Crippen LogP contribution is 2.33. The van der Waals surface area contributed by atoms with E-state index in [1.165, 1.54) is 30.3 Å². The molecule has 0 spiro atoms. The first-order valence-corrected chi connectivity index (χ1v) is 13.1. The summed E-state index contributed by atoms with van der Waals surface area (Å²) >= 11 is 6.65. The first kappa shape index (κ1) is 24.8. The molecule has 0 N–H and O–H groups in total. The van der Waals surface area contributed by atoms with Crippen LogP contribution in [0, 0.1) is 6.92 Å². The van der Waals surface area contributed by atoms with Crippen molar-refractivity contribution in [3.05, 3.63) is 93.9 Å². The van der Waals surface area contributed by atoms with Crippen molar-refractivity contribution in [3.63, 3.8) is 0 Å². The van der Waals surface area contributed by atoms with Crippen LogP contribution in [0.2, 0.25) is 5.02 Å². The number of imide groups is 1. The highest BCUT2D eigenvalue weighted by atomic mass is 35.5. The third-order valence-corrected chi connectivity index (χ3v) is 7.36. The molecule has 0 unspecified atom stereocenters. The third-order valence-electron chi connectivity index (χ3n) is 4.94. The van der Waals surface area contributed by atoms with Gasteiger partial charge in [0.25, 0.3) is 11.1 Å². The number of hydrogen-bond acceptors (Lipinski definition) is 7. The number of rotatable bonds is 8. The molecule has 3 aromatic carbocycles. The van der Waals surface area contributed by atoms with E-state index in [2.05, 4.69) is 0 Å². The number of amides is 2. The summed E-state index contributed by atoms with van der Waals surface area (Å²) in [7, 11) is -4.01. The topological polar surface area (TPSA) is 90.0 Å². The molecule has 0 bridgehead atoms. The minimum Gasteiger partial charge on any atom is -0.492 e. The van der Waals surface area contributed by atoms with Gasteiger partial charge in [0.1, 0.15) is 23.0 Å². The van der Waals surface area contributed by atoms with Gasteiger partial charge in [-0.05, 0) is 78.9 Å². The van der Waals surface area contributed by atoms with Crippen molar-refractivity contribution >= 4 is 50.7 Å². The van der Waals surface area contributed by atoms with Gasteiger partial charge in [-0.3, -0.25) is 14.5 Å².